The largest absolute Gasteiger partial charge is 0.379 e. The van der Waals surface area contributed by atoms with E-state index in [9.17, 15) is 9.59 Å². The van der Waals surface area contributed by atoms with Gasteiger partial charge in [0.15, 0.2) is 5.78 Å². The Kier molecular flexibility index (Phi) is 6.79. The zero-order chi connectivity index (χ0) is 18.6. The highest BCUT2D eigenvalue weighted by Gasteiger charge is 2.24. The Labute approximate surface area is 150 Å². The highest BCUT2D eigenvalue weighted by molar-refractivity contribution is 6.02. The summed E-state index contributed by atoms with van der Waals surface area (Å²) in [6.45, 7) is 13.5. The third-order valence-corrected chi connectivity index (χ3v) is 4.82. The summed E-state index contributed by atoms with van der Waals surface area (Å²) >= 11 is 0. The molecule has 0 saturated carbocycles. The van der Waals surface area contributed by atoms with Gasteiger partial charge < -0.3 is 15.0 Å². The van der Waals surface area contributed by atoms with Crippen molar-refractivity contribution in [3.8, 4) is 0 Å². The quantitative estimate of drug-likeness (QED) is 0.741. The van der Waals surface area contributed by atoms with Crippen LogP contribution in [0.4, 0.5) is 0 Å². The maximum absolute atomic E-state index is 12.6. The van der Waals surface area contributed by atoms with Gasteiger partial charge in [-0.1, -0.05) is 13.8 Å². The summed E-state index contributed by atoms with van der Waals surface area (Å²) in [6.07, 6.45) is 1.03. The number of morpholine rings is 1. The second-order valence-corrected chi connectivity index (χ2v) is 7.32. The fourth-order valence-corrected chi connectivity index (χ4v) is 3.65. The topological polar surface area (TPSA) is 74.4 Å². The van der Waals surface area contributed by atoms with E-state index < -0.39 is 0 Å². The van der Waals surface area contributed by atoms with Crippen LogP contribution in [0.15, 0.2) is 0 Å². The lowest BCUT2D eigenvalue weighted by Gasteiger charge is -2.35. The Morgan fingerprint density at radius 3 is 2.40 bits per heavy atom. The Hall–Kier alpha value is -1.66. The van der Waals surface area contributed by atoms with E-state index in [-0.39, 0.29) is 11.7 Å². The molecule has 1 unspecified atom stereocenters. The first-order valence-corrected chi connectivity index (χ1v) is 9.11. The zero-order valence-electron chi connectivity index (χ0n) is 16.1. The monoisotopic (exact) mass is 349 g/mol. The van der Waals surface area contributed by atoms with E-state index in [0.717, 1.165) is 44.0 Å². The summed E-state index contributed by atoms with van der Waals surface area (Å²) < 4.78 is 5.44. The van der Waals surface area contributed by atoms with Crippen LogP contribution in [0.2, 0.25) is 0 Å². The van der Waals surface area contributed by atoms with Crippen LogP contribution in [0, 0.1) is 19.8 Å². The number of Topliss-reactive ketones (excluding diaryl/α,β-unsaturated/α-hetero) is 1. The third kappa shape index (κ3) is 4.92. The van der Waals surface area contributed by atoms with Crippen molar-refractivity contribution in [3.63, 3.8) is 0 Å². The van der Waals surface area contributed by atoms with Crippen LogP contribution >= 0.6 is 0 Å². The molecule has 2 N–H and O–H groups in total. The van der Waals surface area contributed by atoms with E-state index in [1.807, 2.05) is 13.8 Å². The van der Waals surface area contributed by atoms with E-state index in [1.54, 1.807) is 0 Å². The van der Waals surface area contributed by atoms with Gasteiger partial charge in [0, 0.05) is 36.9 Å². The molecule has 1 aromatic heterocycles. The van der Waals surface area contributed by atoms with Crippen LogP contribution in [-0.4, -0.2) is 60.5 Å². The van der Waals surface area contributed by atoms with Crippen LogP contribution in [0.5, 0.6) is 0 Å². The van der Waals surface area contributed by atoms with Crippen molar-refractivity contribution in [2.45, 2.75) is 47.1 Å². The fourth-order valence-electron chi connectivity index (χ4n) is 3.65. The van der Waals surface area contributed by atoms with Gasteiger partial charge in [-0.25, -0.2) is 0 Å². The molecular weight excluding hydrogens is 318 g/mol. The fraction of sp³-hybridized carbons (Fsp3) is 0.684. The van der Waals surface area contributed by atoms with Crippen LogP contribution < -0.4 is 5.32 Å². The summed E-state index contributed by atoms with van der Waals surface area (Å²) in [5, 5.41) is 3.06. The van der Waals surface area contributed by atoms with Crippen LogP contribution in [0.25, 0.3) is 0 Å². The number of carbonyl (C=O) groups is 2. The third-order valence-electron chi connectivity index (χ3n) is 4.82. The molecule has 0 aromatic carbocycles. The second-order valence-electron chi connectivity index (χ2n) is 7.32. The molecule has 1 amide bonds. The van der Waals surface area contributed by atoms with Gasteiger partial charge in [0.05, 0.1) is 13.2 Å². The number of ether oxygens (including phenoxy) is 1. The minimum atomic E-state index is -0.143. The smallest absolute Gasteiger partial charge is 0.268 e. The average Bonchev–Trinajstić information content (AvgIpc) is 2.86. The first-order valence-electron chi connectivity index (χ1n) is 9.11. The molecule has 0 radical (unpaired) electrons. The van der Waals surface area contributed by atoms with Gasteiger partial charge in [0.25, 0.3) is 5.91 Å². The summed E-state index contributed by atoms with van der Waals surface area (Å²) in [7, 11) is 0. The molecule has 25 heavy (non-hydrogen) atoms. The molecule has 6 nitrogen and oxygen atoms in total. The number of ketones is 1. The predicted molar refractivity (Wildman–Crippen MR) is 98.2 cm³/mol. The number of nitrogens with zero attached hydrogens (tertiary/aromatic N) is 1. The first-order chi connectivity index (χ1) is 11.8. The van der Waals surface area contributed by atoms with Crippen molar-refractivity contribution in [2.75, 3.05) is 32.8 Å². The molecule has 1 atom stereocenters. The van der Waals surface area contributed by atoms with Crippen LogP contribution in [-0.2, 0) is 4.74 Å². The lowest BCUT2D eigenvalue weighted by Crippen LogP contribution is -2.49. The van der Waals surface area contributed by atoms with E-state index in [1.165, 1.54) is 6.92 Å². The highest BCUT2D eigenvalue weighted by Crippen LogP contribution is 2.19. The number of aryl methyl sites for hydroxylation is 1. The minimum Gasteiger partial charge on any atom is -0.379 e. The zero-order valence-corrected chi connectivity index (χ0v) is 16.1. The van der Waals surface area contributed by atoms with E-state index >= 15 is 0 Å². The highest BCUT2D eigenvalue weighted by atomic mass is 16.5. The maximum Gasteiger partial charge on any atom is 0.268 e. The standard InChI is InChI=1S/C19H31N3O3/c1-12(2)10-16(22-6-8-25-9-7-22)11-20-19(24)18-13(3)17(15(5)23)14(4)21-18/h12,16,21H,6-11H2,1-5H3,(H,20,24). The van der Waals surface area contributed by atoms with Crippen LogP contribution in [0.3, 0.4) is 0 Å². The molecular formula is C19H31N3O3. The van der Waals surface area contributed by atoms with Gasteiger partial charge in [0.1, 0.15) is 5.69 Å². The van der Waals surface area contributed by atoms with Gasteiger partial charge in [-0.2, -0.15) is 0 Å². The molecule has 1 aliphatic rings. The Bertz CT molecular complexity index is 616. The van der Waals surface area contributed by atoms with Crippen LogP contribution in [0.1, 0.15) is 59.3 Å². The van der Waals surface area contributed by atoms with E-state index in [0.29, 0.717) is 29.8 Å². The number of H-pyrrole nitrogens is 1. The van der Waals surface area contributed by atoms with Crippen molar-refractivity contribution >= 4 is 11.7 Å². The van der Waals surface area contributed by atoms with Gasteiger partial charge >= 0.3 is 0 Å². The van der Waals surface area contributed by atoms with Crippen molar-refractivity contribution in [3.05, 3.63) is 22.5 Å². The number of hydrogen-bond donors (Lipinski definition) is 2. The van der Waals surface area contributed by atoms with Gasteiger partial charge in [-0.05, 0) is 38.7 Å². The number of aromatic nitrogens is 1. The molecule has 2 rings (SSSR count). The molecule has 2 heterocycles. The molecule has 1 fully saturated rings. The molecule has 1 aromatic rings. The molecule has 0 spiro atoms. The van der Waals surface area contributed by atoms with Gasteiger partial charge in [-0.15, -0.1) is 0 Å². The van der Waals surface area contributed by atoms with Crippen molar-refractivity contribution < 1.29 is 14.3 Å². The number of carbonyl (C=O) groups excluding carboxylic acids is 2. The van der Waals surface area contributed by atoms with Crippen molar-refractivity contribution in [2.24, 2.45) is 5.92 Å². The molecule has 6 heteroatoms. The molecule has 0 bridgehead atoms. The molecule has 1 aliphatic heterocycles. The summed E-state index contributed by atoms with van der Waals surface area (Å²) in [5.41, 5.74) is 2.60. The molecule has 140 valence electrons. The Morgan fingerprint density at radius 1 is 1.24 bits per heavy atom. The van der Waals surface area contributed by atoms with Gasteiger partial charge in [-0.3, -0.25) is 14.5 Å². The van der Waals surface area contributed by atoms with Gasteiger partial charge in [0.2, 0.25) is 0 Å². The summed E-state index contributed by atoms with van der Waals surface area (Å²) in [4.78, 5) is 29.8. The summed E-state index contributed by atoms with van der Waals surface area (Å²) in [6, 6.07) is 0.302. The number of rotatable bonds is 7. The Balaban J connectivity index is 2.05. The average molecular weight is 349 g/mol. The number of aromatic amines is 1. The normalized spacial score (nSPS) is 16.9. The summed E-state index contributed by atoms with van der Waals surface area (Å²) in [5.74, 6) is 0.398. The SMILES string of the molecule is CC(=O)c1c(C)[nH]c(C(=O)NCC(CC(C)C)N2CCOCC2)c1C. The number of amides is 1. The maximum atomic E-state index is 12.6. The minimum absolute atomic E-state index is 0.0173. The van der Waals surface area contributed by atoms with E-state index in [2.05, 4.69) is 29.0 Å². The van der Waals surface area contributed by atoms with E-state index in [4.69, 9.17) is 4.74 Å². The molecule has 1 saturated heterocycles. The number of hydrogen-bond acceptors (Lipinski definition) is 4. The second kappa shape index (κ2) is 8.63. The van der Waals surface area contributed by atoms with Crippen molar-refractivity contribution in [1.29, 1.82) is 0 Å². The Morgan fingerprint density at radius 2 is 1.88 bits per heavy atom. The first kappa shape index (κ1) is 19.7. The lowest BCUT2D eigenvalue weighted by atomic mass is 10.0. The lowest BCUT2D eigenvalue weighted by molar-refractivity contribution is 0.0124. The van der Waals surface area contributed by atoms with Crippen molar-refractivity contribution in [1.82, 2.24) is 15.2 Å². The number of nitrogens with one attached hydrogen (secondary N) is 2. The molecule has 0 aliphatic carbocycles. The predicted octanol–water partition coefficient (Wildman–Crippen LogP) is 2.31.